The molecule has 0 amide bonds. The number of methoxy groups -OCH3 is 4. The van der Waals surface area contributed by atoms with Crippen LogP contribution in [0, 0.1) is 10.6 Å². The maximum atomic E-state index is 12.0. The second-order valence-corrected chi connectivity index (χ2v) is 14.1. The largest absolute Gasteiger partial charge is 0.507 e. The van der Waals surface area contributed by atoms with E-state index >= 15 is 0 Å². The Balaban J connectivity index is 1.40. The van der Waals surface area contributed by atoms with Gasteiger partial charge in [-0.3, -0.25) is 0 Å². The molecule has 0 radical (unpaired) electrons. The van der Waals surface area contributed by atoms with E-state index in [4.69, 9.17) is 33.9 Å². The number of aliphatic imine (C=N–C) groups is 2. The van der Waals surface area contributed by atoms with E-state index in [1.54, 1.807) is 28.4 Å². The van der Waals surface area contributed by atoms with Gasteiger partial charge in [0.25, 0.3) is 0 Å². The van der Waals surface area contributed by atoms with Gasteiger partial charge in [0.1, 0.15) is 28.7 Å². The van der Waals surface area contributed by atoms with Crippen molar-refractivity contribution < 1.29 is 24.1 Å². The van der Waals surface area contributed by atoms with Crippen LogP contribution in [-0.4, -0.2) is 50.0 Å². The summed E-state index contributed by atoms with van der Waals surface area (Å²) in [5.41, 5.74) is 9.36. The van der Waals surface area contributed by atoms with Crippen molar-refractivity contribution >= 4 is 45.0 Å². The minimum atomic E-state index is 0.131. The standard InChI is InChI=1S/C49H36N4O5/c1-55-30-11-5-8-27(22-30)44-37-16-17-38(50-37)45(28-9-6-12-31(23-28)56-2)40-20-21-42(52-40)47-35-25-33(58-4)14-15-34(35)49(54)36-26-43(53-48(36)47)46(41-19-18-39(44)51-41)29-10-7-13-32(24-29)57-3/h5-26,52,54H,1-4H3. The maximum Gasteiger partial charge on any atom is 0.132 e. The number of ether oxygens (including phenoxy) is 4. The fourth-order valence-corrected chi connectivity index (χ4v) is 8.13. The number of aromatic nitrogens is 1. The molecule has 4 aliphatic heterocycles. The zero-order chi connectivity index (χ0) is 39.5. The minimum Gasteiger partial charge on any atom is -0.507 e. The lowest BCUT2D eigenvalue weighted by atomic mass is 9.98. The number of phenols is 1. The summed E-state index contributed by atoms with van der Waals surface area (Å²) < 4.78 is 22.8. The van der Waals surface area contributed by atoms with Crippen molar-refractivity contribution in [3.63, 3.8) is 0 Å². The third-order valence-corrected chi connectivity index (χ3v) is 10.9. The van der Waals surface area contributed by atoms with Crippen molar-refractivity contribution in [3.05, 3.63) is 188 Å². The van der Waals surface area contributed by atoms with E-state index in [-0.39, 0.29) is 5.75 Å². The molecule has 2 N–H and O–H groups in total. The quantitative estimate of drug-likeness (QED) is 0.171. The molecule has 9 heteroatoms. The fourth-order valence-electron chi connectivity index (χ4n) is 8.13. The predicted octanol–water partition coefficient (Wildman–Crippen LogP) is 8.23. The van der Waals surface area contributed by atoms with Crippen molar-refractivity contribution in [2.75, 3.05) is 28.4 Å². The number of H-pyrrole nitrogens is 1. The molecule has 5 aromatic carbocycles. The Hall–Kier alpha value is -7.65. The topological polar surface area (TPSA) is 110 Å². The van der Waals surface area contributed by atoms with Crippen LogP contribution < -0.4 is 29.7 Å². The van der Waals surface area contributed by atoms with Gasteiger partial charge >= 0.3 is 0 Å². The number of fused-ring (bicyclic) bond motifs is 7. The van der Waals surface area contributed by atoms with Gasteiger partial charge in [-0.2, -0.15) is 0 Å². The smallest absolute Gasteiger partial charge is 0.132 e. The lowest BCUT2D eigenvalue weighted by Gasteiger charge is -2.12. The fraction of sp³-hybridized carbons (Fsp3) is 0.0816. The third kappa shape index (κ3) is 5.66. The Bertz CT molecular complexity index is 3230. The van der Waals surface area contributed by atoms with Gasteiger partial charge in [-0.15, -0.1) is 0 Å². The van der Waals surface area contributed by atoms with Gasteiger partial charge in [-0.05, 0) is 114 Å². The number of nitrogens with zero attached hydrogens (tertiary/aromatic N) is 3. The molecule has 0 unspecified atom stereocenters. The number of aromatic hydroxyl groups is 1. The molecule has 8 bridgehead atoms. The van der Waals surface area contributed by atoms with Gasteiger partial charge in [-0.1, -0.05) is 36.4 Å². The van der Waals surface area contributed by atoms with Crippen LogP contribution in [0.5, 0.6) is 28.7 Å². The summed E-state index contributed by atoms with van der Waals surface area (Å²) in [5, 5.41) is 16.6. The number of nitrogens with one attached hydrogen (secondary N) is 1. The van der Waals surface area contributed by atoms with E-state index in [9.17, 15) is 5.11 Å². The highest BCUT2D eigenvalue weighted by atomic mass is 16.5. The number of hydrogen-bond donors (Lipinski definition) is 2. The molecule has 282 valence electrons. The van der Waals surface area contributed by atoms with Crippen molar-refractivity contribution in [2.45, 2.75) is 0 Å². The van der Waals surface area contributed by atoms with Crippen molar-refractivity contribution in [2.24, 2.45) is 15.0 Å². The second-order valence-electron chi connectivity index (χ2n) is 14.1. The normalized spacial score (nSPS) is 15.1. The van der Waals surface area contributed by atoms with E-state index in [0.717, 1.165) is 83.3 Å². The molecule has 58 heavy (non-hydrogen) atoms. The van der Waals surface area contributed by atoms with Gasteiger partial charge in [0, 0.05) is 49.0 Å². The summed E-state index contributed by atoms with van der Waals surface area (Å²) in [6, 6.07) is 33.6. The highest BCUT2D eigenvalue weighted by molar-refractivity contribution is 6.35. The molecule has 0 atom stereocenters. The lowest BCUT2D eigenvalue weighted by Crippen LogP contribution is -2.15. The highest BCUT2D eigenvalue weighted by Gasteiger charge is 2.27. The molecule has 10 rings (SSSR count). The molecule has 5 heterocycles. The van der Waals surface area contributed by atoms with Gasteiger partial charge in [0.2, 0.25) is 0 Å². The molecule has 0 spiro atoms. The summed E-state index contributed by atoms with van der Waals surface area (Å²) in [5.74, 6) is 2.93. The summed E-state index contributed by atoms with van der Waals surface area (Å²) in [4.78, 5) is 19.9. The first-order chi connectivity index (χ1) is 28.4. The van der Waals surface area contributed by atoms with Gasteiger partial charge in [0.15, 0.2) is 0 Å². The number of hydrogen-bond acceptors (Lipinski definition) is 8. The molecule has 9 nitrogen and oxygen atoms in total. The predicted molar refractivity (Wildman–Crippen MR) is 228 cm³/mol. The summed E-state index contributed by atoms with van der Waals surface area (Å²) in [6.07, 6.45) is 10.1. The van der Waals surface area contributed by atoms with Crippen LogP contribution in [0.3, 0.4) is 0 Å². The molecule has 6 aromatic rings. The lowest BCUT2D eigenvalue weighted by molar-refractivity contribution is 0.414. The number of rotatable bonds is 7. The van der Waals surface area contributed by atoms with Crippen molar-refractivity contribution in [3.8, 4) is 28.7 Å². The Kier molecular flexibility index (Phi) is 8.30. The number of phenolic OH excluding ortho intramolecular Hbond substituents is 1. The first kappa shape index (κ1) is 34.8. The number of allylic oxidation sites excluding steroid dienone is 6. The Morgan fingerprint density at radius 2 is 1.03 bits per heavy atom. The van der Waals surface area contributed by atoms with Gasteiger partial charge < -0.3 is 29.0 Å². The number of aromatic amines is 1. The molecule has 0 fully saturated rings. The average Bonchev–Trinajstić information content (AvgIpc) is 4.11. The summed E-state index contributed by atoms with van der Waals surface area (Å²) in [7, 11) is 6.62. The van der Waals surface area contributed by atoms with Crippen LogP contribution in [0.2, 0.25) is 0 Å². The molecule has 0 saturated heterocycles. The van der Waals surface area contributed by atoms with E-state index in [2.05, 4.69) is 23.2 Å². The van der Waals surface area contributed by atoms with E-state index in [1.165, 1.54) is 0 Å². The van der Waals surface area contributed by atoms with E-state index < -0.39 is 0 Å². The molecule has 4 aliphatic rings. The molecular formula is C49H36N4O5. The summed E-state index contributed by atoms with van der Waals surface area (Å²) in [6.45, 7) is 0. The van der Waals surface area contributed by atoms with Crippen molar-refractivity contribution in [1.29, 1.82) is 0 Å². The highest BCUT2D eigenvalue weighted by Crippen LogP contribution is 2.41. The van der Waals surface area contributed by atoms with Crippen LogP contribution in [0.15, 0.2) is 160 Å². The van der Waals surface area contributed by atoms with E-state index in [0.29, 0.717) is 39.2 Å². The first-order valence-electron chi connectivity index (χ1n) is 18.8. The van der Waals surface area contributed by atoms with Crippen LogP contribution in [-0.2, 0) is 0 Å². The maximum absolute atomic E-state index is 12.0. The van der Waals surface area contributed by atoms with Crippen LogP contribution in [0.4, 0.5) is 0 Å². The molecule has 0 saturated carbocycles. The SMILES string of the molecule is COc1cccc(C2=C3C=CC(=N3)C(c3cccc(OC)c3)=C3C=CC(=N3)C(c3cccc(OC)c3)=c3ccc([nH]3)=c3c4c(c(O)c5ccc(OC)cc35)C=C2N=4)c1. The zero-order valence-electron chi connectivity index (χ0n) is 32.1. The third-order valence-electron chi connectivity index (χ3n) is 10.9. The first-order valence-corrected chi connectivity index (χ1v) is 18.8. The van der Waals surface area contributed by atoms with Crippen molar-refractivity contribution in [1.82, 2.24) is 4.98 Å². The monoisotopic (exact) mass is 760 g/mol. The molecule has 1 aromatic heterocycles. The van der Waals surface area contributed by atoms with Gasteiger partial charge in [0.05, 0.1) is 62.3 Å². The van der Waals surface area contributed by atoms with Crippen LogP contribution in [0.25, 0.3) is 33.6 Å². The van der Waals surface area contributed by atoms with Crippen LogP contribution in [0.1, 0.15) is 22.3 Å². The molecular weight excluding hydrogens is 725 g/mol. The Labute approximate surface area is 333 Å². The zero-order valence-corrected chi connectivity index (χ0v) is 32.1. The van der Waals surface area contributed by atoms with Crippen LogP contribution >= 0.6 is 0 Å². The van der Waals surface area contributed by atoms with E-state index in [1.807, 2.05) is 115 Å². The second kappa shape index (κ2) is 13.8. The summed E-state index contributed by atoms with van der Waals surface area (Å²) >= 11 is 0. The van der Waals surface area contributed by atoms with Gasteiger partial charge in [-0.25, -0.2) is 15.0 Å². The number of benzene rings is 5. The average molecular weight is 761 g/mol. The Morgan fingerprint density at radius 1 is 0.500 bits per heavy atom. The Morgan fingerprint density at radius 3 is 1.66 bits per heavy atom. The minimum absolute atomic E-state index is 0.131. The molecule has 0 aliphatic carbocycles.